The van der Waals surface area contributed by atoms with Gasteiger partial charge in [-0.2, -0.15) is 0 Å². The van der Waals surface area contributed by atoms with Crippen LogP contribution in [0.15, 0.2) is 24.5 Å². The van der Waals surface area contributed by atoms with Crippen LogP contribution in [0.1, 0.15) is 31.7 Å². The predicted octanol–water partition coefficient (Wildman–Crippen LogP) is 2.41. The number of nitrogens with zero attached hydrogens (tertiary/aromatic N) is 2. The fourth-order valence-corrected chi connectivity index (χ4v) is 2.67. The van der Waals surface area contributed by atoms with Crippen LogP contribution in [0.3, 0.4) is 0 Å². The summed E-state index contributed by atoms with van der Waals surface area (Å²) >= 11 is 0. The summed E-state index contributed by atoms with van der Waals surface area (Å²) in [6.45, 7) is 3.48. The fourth-order valence-electron chi connectivity index (χ4n) is 2.67. The third-order valence-electron chi connectivity index (χ3n) is 3.60. The average molecular weight is 190 g/mol. The van der Waals surface area contributed by atoms with E-state index in [9.17, 15) is 0 Å². The Bertz CT molecular complexity index is 296. The van der Waals surface area contributed by atoms with Gasteiger partial charge >= 0.3 is 0 Å². The Kier molecular flexibility index (Phi) is 2.55. The van der Waals surface area contributed by atoms with E-state index in [2.05, 4.69) is 29.9 Å². The number of aromatic nitrogens is 1. The molecule has 1 unspecified atom stereocenters. The fraction of sp³-hybridized carbons (Fsp3) is 0.583. The normalized spacial score (nSPS) is 28.1. The SMILES string of the molecule is CCC1(c2cccnc2)CCCN1C. The molecule has 0 aromatic carbocycles. The van der Waals surface area contributed by atoms with E-state index in [0.29, 0.717) is 0 Å². The number of pyridine rings is 1. The molecule has 0 aliphatic carbocycles. The first-order chi connectivity index (χ1) is 6.79. The summed E-state index contributed by atoms with van der Waals surface area (Å²) in [5.41, 5.74) is 1.64. The quantitative estimate of drug-likeness (QED) is 0.712. The van der Waals surface area contributed by atoms with Gasteiger partial charge in [-0.25, -0.2) is 0 Å². The molecule has 1 aliphatic heterocycles. The highest BCUT2D eigenvalue weighted by Crippen LogP contribution is 2.39. The van der Waals surface area contributed by atoms with Gasteiger partial charge in [-0.15, -0.1) is 0 Å². The third kappa shape index (κ3) is 1.34. The van der Waals surface area contributed by atoms with Crippen molar-refractivity contribution >= 4 is 0 Å². The highest BCUT2D eigenvalue weighted by Gasteiger charge is 2.38. The van der Waals surface area contributed by atoms with E-state index in [1.807, 2.05) is 18.5 Å². The van der Waals surface area contributed by atoms with Gasteiger partial charge in [-0.1, -0.05) is 13.0 Å². The molecule has 2 heteroatoms. The van der Waals surface area contributed by atoms with Crippen LogP contribution in [-0.4, -0.2) is 23.5 Å². The van der Waals surface area contributed by atoms with Crippen LogP contribution in [0.2, 0.25) is 0 Å². The summed E-state index contributed by atoms with van der Waals surface area (Å²) in [5, 5.41) is 0. The van der Waals surface area contributed by atoms with Crippen LogP contribution in [0, 0.1) is 0 Å². The van der Waals surface area contributed by atoms with Crippen LogP contribution >= 0.6 is 0 Å². The molecule has 2 nitrogen and oxygen atoms in total. The molecule has 0 radical (unpaired) electrons. The molecule has 0 amide bonds. The monoisotopic (exact) mass is 190 g/mol. The van der Waals surface area contributed by atoms with Gasteiger partial charge in [0.25, 0.3) is 0 Å². The minimum Gasteiger partial charge on any atom is -0.297 e. The Labute approximate surface area is 86.0 Å². The van der Waals surface area contributed by atoms with E-state index in [1.165, 1.54) is 31.4 Å². The number of hydrogen-bond donors (Lipinski definition) is 0. The summed E-state index contributed by atoms with van der Waals surface area (Å²) in [4.78, 5) is 6.71. The van der Waals surface area contributed by atoms with Crippen LogP contribution in [0.5, 0.6) is 0 Å². The van der Waals surface area contributed by atoms with Crippen LogP contribution in [-0.2, 0) is 5.54 Å². The minimum absolute atomic E-state index is 0.258. The second kappa shape index (κ2) is 3.70. The van der Waals surface area contributed by atoms with Crippen molar-refractivity contribution in [1.29, 1.82) is 0 Å². The van der Waals surface area contributed by atoms with Gasteiger partial charge in [-0.05, 0) is 44.5 Å². The summed E-state index contributed by atoms with van der Waals surface area (Å²) < 4.78 is 0. The number of rotatable bonds is 2. The molecule has 0 N–H and O–H groups in total. The standard InChI is InChI=1S/C12H18N2/c1-3-12(7-5-9-14(12)2)11-6-4-8-13-10-11/h4,6,8,10H,3,5,7,9H2,1-2H3. The van der Waals surface area contributed by atoms with E-state index in [4.69, 9.17) is 0 Å². The van der Waals surface area contributed by atoms with E-state index < -0.39 is 0 Å². The zero-order valence-corrected chi connectivity index (χ0v) is 9.03. The first kappa shape index (κ1) is 9.66. The minimum atomic E-state index is 0.258. The van der Waals surface area contributed by atoms with Crippen molar-refractivity contribution in [3.05, 3.63) is 30.1 Å². The third-order valence-corrected chi connectivity index (χ3v) is 3.60. The molecule has 14 heavy (non-hydrogen) atoms. The highest BCUT2D eigenvalue weighted by molar-refractivity contribution is 5.22. The zero-order chi connectivity index (χ0) is 10.0. The summed E-state index contributed by atoms with van der Waals surface area (Å²) in [7, 11) is 2.23. The van der Waals surface area contributed by atoms with Crippen molar-refractivity contribution in [2.45, 2.75) is 31.7 Å². The Morgan fingerprint density at radius 1 is 1.57 bits per heavy atom. The molecular weight excluding hydrogens is 172 g/mol. The Balaban J connectivity index is 2.38. The molecule has 1 aromatic heterocycles. The van der Waals surface area contributed by atoms with Gasteiger partial charge < -0.3 is 0 Å². The van der Waals surface area contributed by atoms with E-state index in [-0.39, 0.29) is 5.54 Å². The van der Waals surface area contributed by atoms with Crippen molar-refractivity contribution in [2.24, 2.45) is 0 Å². The zero-order valence-electron chi connectivity index (χ0n) is 9.03. The lowest BCUT2D eigenvalue weighted by atomic mass is 9.86. The van der Waals surface area contributed by atoms with Gasteiger partial charge in [0.05, 0.1) is 0 Å². The molecule has 2 rings (SSSR count). The van der Waals surface area contributed by atoms with Crippen molar-refractivity contribution < 1.29 is 0 Å². The van der Waals surface area contributed by atoms with Gasteiger partial charge in [-0.3, -0.25) is 9.88 Å². The van der Waals surface area contributed by atoms with Gasteiger partial charge in [0.15, 0.2) is 0 Å². The number of likely N-dealkylation sites (tertiary alicyclic amines) is 1. The highest BCUT2D eigenvalue weighted by atomic mass is 15.2. The summed E-state index contributed by atoms with van der Waals surface area (Å²) in [6.07, 6.45) is 7.62. The maximum Gasteiger partial charge on any atom is 0.0470 e. The maximum atomic E-state index is 4.23. The molecule has 1 fully saturated rings. The van der Waals surface area contributed by atoms with Gasteiger partial charge in [0, 0.05) is 17.9 Å². The summed E-state index contributed by atoms with van der Waals surface area (Å²) in [5.74, 6) is 0. The molecule has 0 saturated carbocycles. The molecule has 76 valence electrons. The second-order valence-corrected chi connectivity index (χ2v) is 4.15. The van der Waals surface area contributed by atoms with E-state index in [1.54, 1.807) is 0 Å². The molecule has 1 aliphatic rings. The molecule has 1 aromatic rings. The summed E-state index contributed by atoms with van der Waals surface area (Å²) in [6, 6.07) is 4.25. The van der Waals surface area contributed by atoms with Crippen molar-refractivity contribution in [3.8, 4) is 0 Å². The first-order valence-electron chi connectivity index (χ1n) is 5.41. The Morgan fingerprint density at radius 2 is 2.43 bits per heavy atom. The lowest BCUT2D eigenvalue weighted by Crippen LogP contribution is -2.37. The molecule has 2 heterocycles. The van der Waals surface area contributed by atoms with E-state index >= 15 is 0 Å². The molecule has 0 bridgehead atoms. The lowest BCUT2D eigenvalue weighted by molar-refractivity contribution is 0.167. The molecule has 1 saturated heterocycles. The average Bonchev–Trinajstić information content (AvgIpc) is 2.62. The largest absolute Gasteiger partial charge is 0.297 e. The van der Waals surface area contributed by atoms with E-state index in [0.717, 1.165) is 0 Å². The van der Waals surface area contributed by atoms with Crippen molar-refractivity contribution in [2.75, 3.05) is 13.6 Å². The Hall–Kier alpha value is -0.890. The van der Waals surface area contributed by atoms with Gasteiger partial charge in [0.2, 0.25) is 0 Å². The Morgan fingerprint density at radius 3 is 2.93 bits per heavy atom. The smallest absolute Gasteiger partial charge is 0.0470 e. The van der Waals surface area contributed by atoms with Crippen LogP contribution < -0.4 is 0 Å². The predicted molar refractivity (Wildman–Crippen MR) is 58.1 cm³/mol. The van der Waals surface area contributed by atoms with Crippen molar-refractivity contribution in [1.82, 2.24) is 9.88 Å². The van der Waals surface area contributed by atoms with Crippen molar-refractivity contribution in [3.63, 3.8) is 0 Å². The topological polar surface area (TPSA) is 16.1 Å². The van der Waals surface area contributed by atoms with Crippen LogP contribution in [0.4, 0.5) is 0 Å². The molecular formula is C12H18N2. The molecule has 0 spiro atoms. The first-order valence-corrected chi connectivity index (χ1v) is 5.41. The molecule has 1 atom stereocenters. The maximum absolute atomic E-state index is 4.23. The van der Waals surface area contributed by atoms with Crippen LogP contribution in [0.25, 0.3) is 0 Å². The number of hydrogen-bond acceptors (Lipinski definition) is 2. The van der Waals surface area contributed by atoms with Gasteiger partial charge in [0.1, 0.15) is 0 Å². The lowest BCUT2D eigenvalue weighted by Gasteiger charge is -2.35. The second-order valence-electron chi connectivity index (χ2n) is 4.15.